The highest BCUT2D eigenvalue weighted by Gasteiger charge is 2.35. The van der Waals surface area contributed by atoms with Crippen LogP contribution in [-0.2, 0) is 0 Å². The Morgan fingerprint density at radius 3 is 2.52 bits per heavy atom. The minimum absolute atomic E-state index is 0.148. The van der Waals surface area contributed by atoms with E-state index in [1.54, 1.807) is 43.3 Å². The first-order chi connectivity index (χ1) is 10.9. The number of rotatable bonds is 3. The van der Waals surface area contributed by atoms with Gasteiger partial charge in [0.05, 0.1) is 11.6 Å². The summed E-state index contributed by atoms with van der Waals surface area (Å²) in [5.41, 5.74) is 1.33. The van der Waals surface area contributed by atoms with Gasteiger partial charge in [0.1, 0.15) is 0 Å². The van der Waals surface area contributed by atoms with Gasteiger partial charge in [-0.2, -0.15) is 18.4 Å². The topological polar surface area (TPSA) is 23.8 Å². The third-order valence-corrected chi connectivity index (χ3v) is 3.30. The second-order valence-corrected chi connectivity index (χ2v) is 4.98. The minimum Gasteiger partial charge on any atom is -0.193 e. The van der Waals surface area contributed by atoms with Gasteiger partial charge in [-0.3, -0.25) is 0 Å². The van der Waals surface area contributed by atoms with Crippen molar-refractivity contribution < 1.29 is 13.2 Å². The molecular formula is C19H14F3N. The molecule has 0 saturated carbocycles. The molecular weight excluding hydrogens is 299 g/mol. The van der Waals surface area contributed by atoms with Crippen LogP contribution in [0, 0.1) is 11.3 Å². The average Bonchev–Trinajstić information content (AvgIpc) is 2.71. The Kier molecular flexibility index (Phi) is 5.02. The van der Waals surface area contributed by atoms with Gasteiger partial charge >= 0.3 is 6.18 Å². The molecule has 2 rings (SSSR count). The maximum atomic E-state index is 13.4. The lowest BCUT2D eigenvalue weighted by atomic mass is 10.0. The van der Waals surface area contributed by atoms with E-state index in [1.807, 2.05) is 6.07 Å². The van der Waals surface area contributed by atoms with Crippen LogP contribution in [0.2, 0.25) is 0 Å². The Balaban J connectivity index is 2.49. The summed E-state index contributed by atoms with van der Waals surface area (Å²) in [4.78, 5) is 0. The quantitative estimate of drug-likeness (QED) is 0.522. The summed E-state index contributed by atoms with van der Waals surface area (Å²) in [6.45, 7) is 1.65. The van der Waals surface area contributed by atoms with Crippen molar-refractivity contribution in [3.8, 4) is 17.2 Å². The van der Waals surface area contributed by atoms with Crippen molar-refractivity contribution in [1.82, 2.24) is 0 Å². The summed E-state index contributed by atoms with van der Waals surface area (Å²) >= 11 is 0. The Labute approximate surface area is 133 Å². The number of allylic oxidation sites excluding steroid dienone is 6. The van der Waals surface area contributed by atoms with Crippen LogP contribution in [0.3, 0.4) is 0 Å². The lowest BCUT2D eigenvalue weighted by Crippen LogP contribution is -2.10. The molecule has 0 aliphatic heterocycles. The standard InChI is InChI=1S/C19H14F3N/c1-14(12-13-23)6-5-9-18(19(20,21)22)17-11-10-15-7-3-2-4-8-16(15)17/h2-12H,1H3/b6-5+,14-12+,18-9+. The van der Waals surface area contributed by atoms with E-state index in [4.69, 9.17) is 5.26 Å². The number of hydrogen-bond acceptors (Lipinski definition) is 1. The predicted molar refractivity (Wildman–Crippen MR) is 85.6 cm³/mol. The van der Waals surface area contributed by atoms with E-state index in [1.165, 1.54) is 24.3 Å². The van der Waals surface area contributed by atoms with E-state index in [2.05, 4.69) is 0 Å². The fraction of sp³-hybridized carbons (Fsp3) is 0.105. The zero-order valence-electron chi connectivity index (χ0n) is 12.4. The van der Waals surface area contributed by atoms with Crippen LogP contribution in [0.25, 0.3) is 16.7 Å². The number of hydrogen-bond donors (Lipinski definition) is 0. The molecule has 0 N–H and O–H groups in total. The van der Waals surface area contributed by atoms with Gasteiger partial charge in [-0.05, 0) is 35.3 Å². The van der Waals surface area contributed by atoms with Crippen LogP contribution in [-0.4, -0.2) is 6.18 Å². The first-order valence-electron chi connectivity index (χ1n) is 6.93. The predicted octanol–water partition coefficient (Wildman–Crippen LogP) is 5.76. The van der Waals surface area contributed by atoms with E-state index in [9.17, 15) is 13.2 Å². The molecule has 0 fully saturated rings. The SMILES string of the molecule is CC(/C=C/C=C(\c1ccc2cccccc1-2)C(F)(F)F)=C\C#N. The molecule has 0 amide bonds. The maximum Gasteiger partial charge on any atom is 0.417 e. The van der Waals surface area contributed by atoms with Gasteiger partial charge in [0.15, 0.2) is 0 Å². The summed E-state index contributed by atoms with van der Waals surface area (Å²) in [7, 11) is 0. The van der Waals surface area contributed by atoms with Gasteiger partial charge < -0.3 is 0 Å². The molecule has 4 heteroatoms. The Morgan fingerprint density at radius 1 is 1.09 bits per heavy atom. The fourth-order valence-electron chi connectivity index (χ4n) is 2.23. The molecule has 0 atom stereocenters. The summed E-state index contributed by atoms with van der Waals surface area (Å²) in [5.74, 6) is 0. The van der Waals surface area contributed by atoms with Crippen LogP contribution in [0.15, 0.2) is 72.3 Å². The number of fused-ring (bicyclic) bond motifs is 1. The van der Waals surface area contributed by atoms with Crippen molar-refractivity contribution in [1.29, 1.82) is 5.26 Å². The number of nitriles is 1. The Hall–Kier alpha value is -2.80. The number of halogens is 3. The van der Waals surface area contributed by atoms with E-state index < -0.39 is 11.7 Å². The maximum absolute atomic E-state index is 13.4. The van der Waals surface area contributed by atoms with Gasteiger partial charge in [-0.25, -0.2) is 0 Å². The molecule has 0 aromatic carbocycles. The highest BCUT2D eigenvalue weighted by Crippen LogP contribution is 2.40. The summed E-state index contributed by atoms with van der Waals surface area (Å²) < 4.78 is 40.2. The molecule has 23 heavy (non-hydrogen) atoms. The molecule has 0 heterocycles. The van der Waals surface area contributed by atoms with Crippen molar-refractivity contribution in [2.75, 3.05) is 0 Å². The van der Waals surface area contributed by atoms with Gasteiger partial charge in [-0.1, -0.05) is 54.6 Å². The molecule has 0 radical (unpaired) electrons. The summed E-state index contributed by atoms with van der Waals surface area (Å²) in [6, 6.07) is 13.7. The lowest BCUT2D eigenvalue weighted by molar-refractivity contribution is -0.0688. The Morgan fingerprint density at radius 2 is 1.83 bits per heavy atom. The van der Waals surface area contributed by atoms with Crippen LogP contribution in [0.5, 0.6) is 0 Å². The normalized spacial score (nSPS) is 13.5. The largest absolute Gasteiger partial charge is 0.417 e. The third-order valence-electron chi connectivity index (χ3n) is 3.30. The van der Waals surface area contributed by atoms with Crippen molar-refractivity contribution in [3.63, 3.8) is 0 Å². The van der Waals surface area contributed by atoms with Gasteiger partial charge in [0.2, 0.25) is 0 Å². The van der Waals surface area contributed by atoms with Gasteiger partial charge in [-0.15, -0.1) is 0 Å². The first-order valence-corrected chi connectivity index (χ1v) is 6.93. The number of alkyl halides is 3. The molecule has 0 bridgehead atoms. The van der Waals surface area contributed by atoms with E-state index in [0.29, 0.717) is 11.1 Å². The average molecular weight is 313 g/mol. The molecule has 2 aliphatic rings. The molecule has 0 aromatic rings. The van der Waals surface area contributed by atoms with Crippen LogP contribution < -0.4 is 0 Å². The fourth-order valence-corrected chi connectivity index (χ4v) is 2.23. The van der Waals surface area contributed by atoms with Crippen molar-refractivity contribution in [2.45, 2.75) is 13.1 Å². The van der Waals surface area contributed by atoms with Crippen molar-refractivity contribution >= 4 is 5.57 Å². The summed E-state index contributed by atoms with van der Waals surface area (Å²) in [5, 5.41) is 8.51. The van der Waals surface area contributed by atoms with E-state index in [-0.39, 0.29) is 5.56 Å². The molecule has 0 saturated heterocycles. The summed E-state index contributed by atoms with van der Waals surface area (Å²) in [6.07, 6.45) is 0.632. The number of nitrogens with zero attached hydrogens (tertiary/aromatic N) is 1. The highest BCUT2D eigenvalue weighted by molar-refractivity contribution is 5.86. The second kappa shape index (κ2) is 6.97. The minimum atomic E-state index is -4.47. The van der Waals surface area contributed by atoms with Crippen LogP contribution >= 0.6 is 0 Å². The molecule has 2 aliphatic carbocycles. The van der Waals surface area contributed by atoms with Crippen LogP contribution in [0.1, 0.15) is 12.5 Å². The zero-order valence-corrected chi connectivity index (χ0v) is 12.4. The zero-order chi connectivity index (χ0) is 16.9. The first kappa shape index (κ1) is 16.6. The van der Waals surface area contributed by atoms with Crippen LogP contribution in [0.4, 0.5) is 13.2 Å². The monoisotopic (exact) mass is 313 g/mol. The molecule has 0 aromatic heterocycles. The molecule has 0 spiro atoms. The van der Waals surface area contributed by atoms with E-state index in [0.717, 1.165) is 11.6 Å². The molecule has 1 nitrogen and oxygen atoms in total. The Bertz CT molecular complexity index is 789. The van der Waals surface area contributed by atoms with Crippen molar-refractivity contribution in [3.05, 3.63) is 77.9 Å². The van der Waals surface area contributed by atoms with Crippen molar-refractivity contribution in [2.24, 2.45) is 0 Å². The highest BCUT2D eigenvalue weighted by atomic mass is 19.4. The van der Waals surface area contributed by atoms with Gasteiger partial charge in [0, 0.05) is 6.08 Å². The smallest absolute Gasteiger partial charge is 0.193 e. The van der Waals surface area contributed by atoms with Gasteiger partial charge in [0.25, 0.3) is 0 Å². The third kappa shape index (κ3) is 4.10. The van der Waals surface area contributed by atoms with E-state index >= 15 is 0 Å². The molecule has 116 valence electrons. The lowest BCUT2D eigenvalue weighted by Gasteiger charge is -2.11. The molecule has 0 unspecified atom stereocenters. The second-order valence-electron chi connectivity index (χ2n) is 4.98.